The van der Waals surface area contributed by atoms with Gasteiger partial charge in [-0.1, -0.05) is 43.0 Å². The van der Waals surface area contributed by atoms with Gasteiger partial charge in [-0.2, -0.15) is 13.2 Å². The molecule has 0 bridgehead atoms. The van der Waals surface area contributed by atoms with Gasteiger partial charge in [-0.25, -0.2) is 4.79 Å². The quantitative estimate of drug-likeness (QED) is 0.418. The number of halogens is 4. The summed E-state index contributed by atoms with van der Waals surface area (Å²) in [5, 5.41) is 6.21. The average molecular weight is 628 g/mol. The molecule has 1 heterocycles. The maximum Gasteiger partial charge on any atom is 0.471 e. The minimum absolute atomic E-state index is 0.0101. The summed E-state index contributed by atoms with van der Waals surface area (Å²) in [4.78, 5) is 44.2. The van der Waals surface area contributed by atoms with Gasteiger partial charge in [0.1, 0.15) is 0 Å². The molecule has 1 aromatic carbocycles. The summed E-state index contributed by atoms with van der Waals surface area (Å²) in [5.74, 6) is -1.92. The Hall–Kier alpha value is -2.53. The average Bonchev–Trinajstić information content (AvgIpc) is 2.99. The predicted octanol–water partition coefficient (Wildman–Crippen LogP) is 5.14. The number of hydrogen-bond acceptors (Lipinski definition) is 4. The molecule has 2 saturated carbocycles. The van der Waals surface area contributed by atoms with Crippen LogP contribution in [0.1, 0.15) is 76.2 Å². The van der Waals surface area contributed by atoms with Gasteiger partial charge < -0.3 is 25.3 Å². The van der Waals surface area contributed by atoms with Crippen LogP contribution in [-0.2, 0) is 16.0 Å². The van der Waals surface area contributed by atoms with Gasteiger partial charge in [-0.3, -0.25) is 9.59 Å². The molecule has 1 aliphatic heterocycles. The van der Waals surface area contributed by atoms with E-state index in [0.29, 0.717) is 50.2 Å². The molecule has 0 aromatic heterocycles. The van der Waals surface area contributed by atoms with E-state index in [2.05, 4.69) is 15.5 Å². The minimum atomic E-state index is -4.90. The number of hydrogen-bond donors (Lipinski definition) is 2. The highest BCUT2D eigenvalue weighted by atomic mass is 35.5. The minimum Gasteiger partial charge on any atom is -0.346 e. The zero-order valence-electron chi connectivity index (χ0n) is 25.2. The van der Waals surface area contributed by atoms with Crippen molar-refractivity contribution >= 4 is 29.4 Å². The number of piperidine rings is 1. The second kappa shape index (κ2) is 15.0. The first-order chi connectivity index (χ1) is 20.4. The van der Waals surface area contributed by atoms with Crippen molar-refractivity contribution < 1.29 is 27.6 Å². The summed E-state index contributed by atoms with van der Waals surface area (Å²) < 4.78 is 38.1. The van der Waals surface area contributed by atoms with Crippen molar-refractivity contribution in [3.05, 3.63) is 34.9 Å². The summed E-state index contributed by atoms with van der Waals surface area (Å²) in [6.45, 7) is 1.12. The molecule has 0 unspecified atom stereocenters. The molecule has 1 saturated heterocycles. The van der Waals surface area contributed by atoms with Crippen LogP contribution in [0.4, 0.5) is 18.0 Å². The zero-order chi connectivity index (χ0) is 31.1. The van der Waals surface area contributed by atoms with Gasteiger partial charge >= 0.3 is 18.1 Å². The number of nitrogens with zero attached hydrogens (tertiary/aromatic N) is 3. The van der Waals surface area contributed by atoms with Crippen LogP contribution >= 0.6 is 11.6 Å². The normalized spacial score (nSPS) is 23.0. The topological polar surface area (TPSA) is 85.0 Å². The first kappa shape index (κ1) is 33.4. The van der Waals surface area contributed by atoms with E-state index in [-0.39, 0.29) is 30.1 Å². The standard InChI is InChI=1S/C31H45ClF3N5O3/c1-38(2)30(43)40(25-6-4-3-5-7-25)26-16-18-39(19-17-26)28(41)27(20-21-8-10-22(32)11-9-21)36-23-12-14-24(15-13-23)37-29(42)31(33,34)35/h8-11,23-27,36H,3-7,12-20H2,1-2H3,(H,37,42)/t23-,24-,27-/m1/s1. The first-order valence-corrected chi connectivity index (χ1v) is 16.0. The van der Waals surface area contributed by atoms with Gasteiger partial charge in [0.15, 0.2) is 0 Å². The molecule has 2 N–H and O–H groups in total. The van der Waals surface area contributed by atoms with Gasteiger partial charge in [-0.15, -0.1) is 0 Å². The van der Waals surface area contributed by atoms with Crippen LogP contribution < -0.4 is 10.6 Å². The van der Waals surface area contributed by atoms with Crippen molar-refractivity contribution in [3.63, 3.8) is 0 Å². The molecule has 3 fully saturated rings. The molecule has 12 heteroatoms. The van der Waals surface area contributed by atoms with E-state index in [1.54, 1.807) is 31.1 Å². The van der Waals surface area contributed by atoms with E-state index in [4.69, 9.17) is 11.6 Å². The van der Waals surface area contributed by atoms with Gasteiger partial charge in [0.2, 0.25) is 5.91 Å². The lowest BCUT2D eigenvalue weighted by atomic mass is 9.89. The Morgan fingerprint density at radius 1 is 0.884 bits per heavy atom. The molecular formula is C31H45ClF3N5O3. The number of rotatable bonds is 8. The monoisotopic (exact) mass is 627 g/mol. The van der Waals surface area contributed by atoms with Crippen molar-refractivity contribution in [2.45, 2.75) is 113 Å². The number of amides is 4. The Morgan fingerprint density at radius 3 is 2.00 bits per heavy atom. The third kappa shape index (κ3) is 9.23. The fourth-order valence-corrected chi connectivity index (χ4v) is 6.94. The van der Waals surface area contributed by atoms with Gasteiger partial charge in [-0.05, 0) is 75.5 Å². The third-order valence-electron chi connectivity index (χ3n) is 9.15. The fraction of sp³-hybridized carbons (Fsp3) is 0.710. The van der Waals surface area contributed by atoms with Crippen LogP contribution in [0.15, 0.2) is 24.3 Å². The molecule has 240 valence electrons. The van der Waals surface area contributed by atoms with Crippen LogP contribution in [0.3, 0.4) is 0 Å². The maximum absolute atomic E-state index is 14.0. The van der Waals surface area contributed by atoms with Crippen LogP contribution in [0.5, 0.6) is 0 Å². The molecule has 3 aliphatic rings. The lowest BCUT2D eigenvalue weighted by molar-refractivity contribution is -0.174. The molecule has 2 aliphatic carbocycles. The summed E-state index contributed by atoms with van der Waals surface area (Å²) in [6.07, 6.45) is 4.44. The maximum atomic E-state index is 14.0. The van der Waals surface area contributed by atoms with E-state index in [1.807, 2.05) is 17.0 Å². The smallest absolute Gasteiger partial charge is 0.346 e. The highest BCUT2D eigenvalue weighted by Crippen LogP contribution is 2.29. The van der Waals surface area contributed by atoms with Gasteiger partial charge in [0, 0.05) is 56.4 Å². The van der Waals surface area contributed by atoms with Crippen molar-refractivity contribution in [2.75, 3.05) is 27.2 Å². The Balaban J connectivity index is 1.39. The van der Waals surface area contributed by atoms with Crippen molar-refractivity contribution in [2.24, 2.45) is 0 Å². The molecule has 43 heavy (non-hydrogen) atoms. The van der Waals surface area contributed by atoms with Crippen molar-refractivity contribution in [1.29, 1.82) is 0 Å². The van der Waals surface area contributed by atoms with Crippen LogP contribution in [0.2, 0.25) is 5.02 Å². The number of alkyl halides is 3. The van der Waals surface area contributed by atoms with Crippen LogP contribution in [-0.4, -0.2) is 96.1 Å². The van der Waals surface area contributed by atoms with E-state index >= 15 is 0 Å². The molecule has 8 nitrogen and oxygen atoms in total. The summed E-state index contributed by atoms with van der Waals surface area (Å²) in [5.41, 5.74) is 0.955. The Morgan fingerprint density at radius 2 is 1.44 bits per heavy atom. The molecule has 1 aromatic rings. The van der Waals surface area contributed by atoms with E-state index in [9.17, 15) is 27.6 Å². The molecule has 1 atom stereocenters. The molecule has 0 spiro atoms. The summed E-state index contributed by atoms with van der Waals surface area (Å²) in [7, 11) is 3.59. The lowest BCUT2D eigenvalue weighted by Crippen LogP contribution is -2.58. The van der Waals surface area contributed by atoms with Crippen LogP contribution in [0, 0.1) is 0 Å². The highest BCUT2D eigenvalue weighted by Gasteiger charge is 2.41. The SMILES string of the molecule is CN(C)C(=O)N(C1CCCCC1)C1CCN(C(=O)[C@@H](Cc2ccc(Cl)cc2)N[C@H]2CC[C@H](NC(=O)C(F)(F)F)CC2)CC1. The number of benzene rings is 1. The number of nitrogens with one attached hydrogen (secondary N) is 2. The predicted molar refractivity (Wildman–Crippen MR) is 160 cm³/mol. The number of urea groups is 1. The molecule has 4 amide bonds. The lowest BCUT2D eigenvalue weighted by Gasteiger charge is -2.45. The Bertz CT molecular complexity index is 1080. The molecular weight excluding hydrogens is 583 g/mol. The Kier molecular flexibility index (Phi) is 11.6. The number of carbonyl (C=O) groups is 3. The summed E-state index contributed by atoms with van der Waals surface area (Å²) in [6, 6.07) is 6.65. The van der Waals surface area contributed by atoms with Gasteiger partial charge in [0.25, 0.3) is 0 Å². The fourth-order valence-electron chi connectivity index (χ4n) is 6.82. The first-order valence-electron chi connectivity index (χ1n) is 15.6. The highest BCUT2D eigenvalue weighted by molar-refractivity contribution is 6.30. The van der Waals surface area contributed by atoms with Gasteiger partial charge in [0.05, 0.1) is 6.04 Å². The van der Waals surface area contributed by atoms with Crippen molar-refractivity contribution in [1.82, 2.24) is 25.3 Å². The van der Waals surface area contributed by atoms with E-state index in [1.165, 1.54) is 6.42 Å². The molecule has 0 radical (unpaired) electrons. The number of likely N-dealkylation sites (tertiary alicyclic amines) is 1. The van der Waals surface area contributed by atoms with Crippen molar-refractivity contribution in [3.8, 4) is 0 Å². The Labute approximate surface area is 257 Å². The third-order valence-corrected chi connectivity index (χ3v) is 9.40. The second-order valence-corrected chi connectivity index (χ2v) is 12.9. The second-order valence-electron chi connectivity index (χ2n) is 12.5. The summed E-state index contributed by atoms with van der Waals surface area (Å²) >= 11 is 6.08. The van der Waals surface area contributed by atoms with E-state index < -0.39 is 24.2 Å². The largest absolute Gasteiger partial charge is 0.471 e. The zero-order valence-corrected chi connectivity index (χ0v) is 25.9. The molecule has 4 rings (SSSR count). The van der Waals surface area contributed by atoms with Crippen LogP contribution in [0.25, 0.3) is 0 Å². The number of carbonyl (C=O) groups excluding carboxylic acids is 3. The van der Waals surface area contributed by atoms with E-state index in [0.717, 1.165) is 44.1 Å².